The highest BCUT2D eigenvalue weighted by molar-refractivity contribution is 5.86. The van der Waals surface area contributed by atoms with Crippen LogP contribution in [0.1, 0.15) is 35.7 Å². The van der Waals surface area contributed by atoms with Crippen molar-refractivity contribution in [1.29, 1.82) is 0 Å². The number of carbonyl (C=O) groups is 1. The van der Waals surface area contributed by atoms with Crippen molar-refractivity contribution in [3.63, 3.8) is 0 Å². The molecule has 1 aromatic heterocycles. The molecule has 18 heavy (non-hydrogen) atoms. The molecule has 0 aliphatic carbocycles. The van der Waals surface area contributed by atoms with E-state index in [0.717, 1.165) is 6.54 Å². The SMILES string of the molecule is COCCN(Cc1cc(C)c(C(=O)O)o1)C(C)C. The van der Waals surface area contributed by atoms with E-state index < -0.39 is 5.97 Å². The zero-order valence-electron chi connectivity index (χ0n) is 11.4. The third-order valence-corrected chi connectivity index (χ3v) is 2.83. The lowest BCUT2D eigenvalue weighted by atomic mass is 10.2. The summed E-state index contributed by atoms with van der Waals surface area (Å²) in [5.74, 6) is -0.318. The zero-order valence-corrected chi connectivity index (χ0v) is 11.4. The number of nitrogens with zero attached hydrogens (tertiary/aromatic N) is 1. The van der Waals surface area contributed by atoms with Crippen molar-refractivity contribution in [3.05, 3.63) is 23.2 Å². The van der Waals surface area contributed by atoms with E-state index in [9.17, 15) is 4.79 Å². The molecule has 1 rings (SSSR count). The topological polar surface area (TPSA) is 62.9 Å². The Labute approximate surface area is 107 Å². The fraction of sp³-hybridized carbons (Fsp3) is 0.615. The smallest absolute Gasteiger partial charge is 0.372 e. The van der Waals surface area contributed by atoms with E-state index in [2.05, 4.69) is 18.7 Å². The van der Waals surface area contributed by atoms with Gasteiger partial charge in [0.05, 0.1) is 13.2 Å². The molecule has 5 heteroatoms. The second-order valence-electron chi connectivity index (χ2n) is 4.59. The van der Waals surface area contributed by atoms with E-state index >= 15 is 0 Å². The third-order valence-electron chi connectivity index (χ3n) is 2.83. The van der Waals surface area contributed by atoms with Gasteiger partial charge in [-0.25, -0.2) is 4.79 Å². The summed E-state index contributed by atoms with van der Waals surface area (Å²) in [6.07, 6.45) is 0. The van der Waals surface area contributed by atoms with Gasteiger partial charge in [-0.2, -0.15) is 0 Å². The minimum absolute atomic E-state index is 0.0282. The van der Waals surface area contributed by atoms with Gasteiger partial charge in [-0.3, -0.25) is 4.90 Å². The van der Waals surface area contributed by atoms with Gasteiger partial charge in [-0.05, 0) is 26.8 Å². The van der Waals surface area contributed by atoms with Gasteiger partial charge in [0, 0.05) is 25.3 Å². The second kappa shape index (κ2) is 6.56. The molecule has 0 atom stereocenters. The van der Waals surface area contributed by atoms with Gasteiger partial charge < -0.3 is 14.3 Å². The van der Waals surface area contributed by atoms with Crippen molar-refractivity contribution in [2.75, 3.05) is 20.3 Å². The number of aryl methyl sites for hydroxylation is 1. The first-order chi connectivity index (χ1) is 8.45. The molecule has 0 fully saturated rings. The predicted octanol–water partition coefficient (Wildman–Crippen LogP) is 2.14. The number of methoxy groups -OCH3 is 1. The fourth-order valence-electron chi connectivity index (χ4n) is 1.77. The number of hydrogen-bond donors (Lipinski definition) is 1. The Bertz CT molecular complexity index is 398. The number of furan rings is 1. The Kier molecular flexibility index (Phi) is 5.37. The Balaban J connectivity index is 2.74. The lowest BCUT2D eigenvalue weighted by Gasteiger charge is -2.24. The highest BCUT2D eigenvalue weighted by Gasteiger charge is 2.17. The van der Waals surface area contributed by atoms with Crippen LogP contribution in [0.4, 0.5) is 0 Å². The highest BCUT2D eigenvalue weighted by atomic mass is 16.5. The van der Waals surface area contributed by atoms with Crippen molar-refractivity contribution >= 4 is 5.97 Å². The average Bonchev–Trinajstić information content (AvgIpc) is 2.65. The third kappa shape index (κ3) is 3.85. The summed E-state index contributed by atoms with van der Waals surface area (Å²) in [7, 11) is 1.66. The summed E-state index contributed by atoms with van der Waals surface area (Å²) in [5, 5.41) is 8.94. The standard InChI is InChI=1S/C13H21NO4/c1-9(2)14(5-6-17-4)8-11-7-10(3)12(18-11)13(15)16/h7,9H,5-6,8H2,1-4H3,(H,15,16). The molecule has 5 nitrogen and oxygen atoms in total. The molecule has 1 N–H and O–H groups in total. The van der Waals surface area contributed by atoms with Crippen LogP contribution in [-0.4, -0.2) is 42.3 Å². The normalized spacial score (nSPS) is 11.4. The Hall–Kier alpha value is -1.33. The maximum atomic E-state index is 10.9. The minimum atomic E-state index is -1.02. The minimum Gasteiger partial charge on any atom is -0.475 e. The first kappa shape index (κ1) is 14.7. The average molecular weight is 255 g/mol. The van der Waals surface area contributed by atoms with Crippen LogP contribution in [0.15, 0.2) is 10.5 Å². The van der Waals surface area contributed by atoms with E-state index in [0.29, 0.717) is 30.5 Å². The number of ether oxygens (including phenoxy) is 1. The maximum Gasteiger partial charge on any atom is 0.372 e. The first-order valence-corrected chi connectivity index (χ1v) is 6.01. The molecule has 0 amide bonds. The van der Waals surface area contributed by atoms with Crippen molar-refractivity contribution in [1.82, 2.24) is 4.90 Å². The van der Waals surface area contributed by atoms with Gasteiger partial charge in [0.25, 0.3) is 0 Å². The molecule has 1 aromatic rings. The lowest BCUT2D eigenvalue weighted by molar-refractivity contribution is 0.0654. The van der Waals surface area contributed by atoms with Crippen molar-refractivity contribution in [2.24, 2.45) is 0 Å². The Morgan fingerprint density at radius 2 is 2.22 bits per heavy atom. The summed E-state index contributed by atoms with van der Waals surface area (Å²) >= 11 is 0. The Morgan fingerprint density at radius 3 is 2.67 bits per heavy atom. The monoisotopic (exact) mass is 255 g/mol. The summed E-state index contributed by atoms with van der Waals surface area (Å²) in [5.41, 5.74) is 0.660. The molecule has 0 unspecified atom stereocenters. The quantitative estimate of drug-likeness (QED) is 0.808. The van der Waals surface area contributed by atoms with Crippen LogP contribution in [0.3, 0.4) is 0 Å². The fourth-order valence-corrected chi connectivity index (χ4v) is 1.77. The molecule has 0 saturated carbocycles. The van der Waals surface area contributed by atoms with Crippen molar-refractivity contribution < 1.29 is 19.1 Å². The molecule has 0 bridgehead atoms. The molecule has 0 aliphatic rings. The number of rotatable bonds is 7. The number of aromatic carboxylic acids is 1. The second-order valence-corrected chi connectivity index (χ2v) is 4.59. The maximum absolute atomic E-state index is 10.9. The van der Waals surface area contributed by atoms with Crippen LogP contribution in [0.25, 0.3) is 0 Å². The molecule has 1 heterocycles. The van der Waals surface area contributed by atoms with Gasteiger partial charge in [0.2, 0.25) is 5.76 Å². The van der Waals surface area contributed by atoms with Gasteiger partial charge in [0.15, 0.2) is 0 Å². The van der Waals surface area contributed by atoms with Crippen molar-refractivity contribution in [2.45, 2.75) is 33.4 Å². The summed E-state index contributed by atoms with van der Waals surface area (Å²) in [6, 6.07) is 2.13. The van der Waals surface area contributed by atoms with E-state index in [4.69, 9.17) is 14.3 Å². The van der Waals surface area contributed by atoms with E-state index in [1.54, 1.807) is 20.1 Å². The van der Waals surface area contributed by atoms with E-state index in [1.165, 1.54) is 0 Å². The zero-order chi connectivity index (χ0) is 13.7. The number of carboxylic acid groups (broad SMARTS) is 1. The van der Waals surface area contributed by atoms with Crippen LogP contribution in [0, 0.1) is 6.92 Å². The van der Waals surface area contributed by atoms with Crippen LogP contribution in [0.5, 0.6) is 0 Å². The number of hydrogen-bond acceptors (Lipinski definition) is 4. The van der Waals surface area contributed by atoms with Crippen LogP contribution in [-0.2, 0) is 11.3 Å². The van der Waals surface area contributed by atoms with Crippen molar-refractivity contribution in [3.8, 4) is 0 Å². The van der Waals surface area contributed by atoms with Gasteiger partial charge in [-0.1, -0.05) is 0 Å². The lowest BCUT2D eigenvalue weighted by Crippen LogP contribution is -2.33. The van der Waals surface area contributed by atoms with Gasteiger partial charge >= 0.3 is 5.97 Å². The first-order valence-electron chi connectivity index (χ1n) is 6.01. The largest absolute Gasteiger partial charge is 0.475 e. The number of carboxylic acids is 1. The Morgan fingerprint density at radius 1 is 1.56 bits per heavy atom. The highest BCUT2D eigenvalue weighted by Crippen LogP contribution is 2.17. The van der Waals surface area contributed by atoms with Crippen LogP contribution < -0.4 is 0 Å². The molecule has 0 spiro atoms. The van der Waals surface area contributed by atoms with Crippen LogP contribution >= 0.6 is 0 Å². The van der Waals surface area contributed by atoms with Gasteiger partial charge in [-0.15, -0.1) is 0 Å². The summed E-state index contributed by atoms with van der Waals surface area (Å²) < 4.78 is 10.4. The van der Waals surface area contributed by atoms with Gasteiger partial charge in [0.1, 0.15) is 5.76 Å². The van der Waals surface area contributed by atoms with E-state index in [1.807, 2.05) is 0 Å². The molecule has 0 radical (unpaired) electrons. The van der Waals surface area contributed by atoms with Crippen LogP contribution in [0.2, 0.25) is 0 Å². The molecule has 0 saturated heterocycles. The molecule has 0 aliphatic heterocycles. The predicted molar refractivity (Wildman–Crippen MR) is 67.8 cm³/mol. The summed E-state index contributed by atoms with van der Waals surface area (Å²) in [6.45, 7) is 7.94. The summed E-state index contributed by atoms with van der Waals surface area (Å²) in [4.78, 5) is 13.1. The molecule has 102 valence electrons. The molecular formula is C13H21NO4. The molecule has 0 aromatic carbocycles. The molecular weight excluding hydrogens is 234 g/mol. The van der Waals surface area contributed by atoms with E-state index in [-0.39, 0.29) is 5.76 Å².